The van der Waals surface area contributed by atoms with E-state index in [-0.39, 0.29) is 11.1 Å². The Hall–Kier alpha value is -1.36. The molecule has 1 aromatic heterocycles. The van der Waals surface area contributed by atoms with Crippen LogP contribution in [-0.2, 0) is 0 Å². The average Bonchev–Trinajstić information content (AvgIpc) is 3.20. The molecule has 0 unspecified atom stereocenters. The molecule has 100 valence electrons. The molecule has 18 heavy (non-hydrogen) atoms. The summed E-state index contributed by atoms with van der Waals surface area (Å²) in [6, 6.07) is 1.52. The van der Waals surface area contributed by atoms with Crippen molar-refractivity contribution in [3.05, 3.63) is 22.2 Å². The zero-order valence-corrected chi connectivity index (χ0v) is 11.1. The third kappa shape index (κ3) is 2.72. The monoisotopic (exact) mass is 250 g/mol. The van der Waals surface area contributed by atoms with Gasteiger partial charge in [0.15, 0.2) is 0 Å². The van der Waals surface area contributed by atoms with Gasteiger partial charge in [-0.15, -0.1) is 0 Å². The van der Waals surface area contributed by atoms with Crippen LogP contribution in [0.5, 0.6) is 0 Å². The molecule has 1 aliphatic rings. The molecular weight excluding hydrogens is 228 g/mol. The molecular formula is C13H22N4O. The van der Waals surface area contributed by atoms with E-state index in [4.69, 9.17) is 5.73 Å². The average molecular weight is 250 g/mol. The van der Waals surface area contributed by atoms with Crippen molar-refractivity contribution < 1.29 is 0 Å². The number of nitrogens with two attached hydrogens (primary N) is 1. The second kappa shape index (κ2) is 5.10. The maximum atomic E-state index is 11.6. The Morgan fingerprint density at radius 3 is 2.67 bits per heavy atom. The summed E-state index contributed by atoms with van der Waals surface area (Å²) >= 11 is 0. The molecule has 0 atom stereocenters. The number of H-pyrrole nitrogens is 1. The molecule has 1 saturated carbocycles. The fraction of sp³-hybridized carbons (Fsp3) is 0.692. The van der Waals surface area contributed by atoms with Crippen molar-refractivity contribution >= 4 is 5.82 Å². The SMILES string of the molecule is CCC(CC)(CN)Nc1cc(=O)[nH]c(C2CC2)n1. The van der Waals surface area contributed by atoms with Crippen LogP contribution in [0.15, 0.2) is 10.9 Å². The molecule has 1 aromatic rings. The smallest absolute Gasteiger partial charge is 0.252 e. The molecule has 2 rings (SSSR count). The first kappa shape index (κ1) is 13.1. The van der Waals surface area contributed by atoms with Gasteiger partial charge in [-0.25, -0.2) is 4.98 Å². The van der Waals surface area contributed by atoms with Crippen LogP contribution in [0.2, 0.25) is 0 Å². The van der Waals surface area contributed by atoms with E-state index in [0.29, 0.717) is 18.3 Å². The van der Waals surface area contributed by atoms with Crippen molar-refractivity contribution in [3.63, 3.8) is 0 Å². The number of nitrogens with one attached hydrogen (secondary N) is 2. The minimum Gasteiger partial charge on any atom is -0.363 e. The minimum atomic E-state index is -0.165. The van der Waals surface area contributed by atoms with Crippen molar-refractivity contribution in [2.75, 3.05) is 11.9 Å². The van der Waals surface area contributed by atoms with Crippen LogP contribution < -0.4 is 16.6 Å². The molecule has 1 fully saturated rings. The summed E-state index contributed by atoms with van der Waals surface area (Å²) in [5.41, 5.74) is 5.59. The van der Waals surface area contributed by atoms with Crippen molar-refractivity contribution in [2.45, 2.75) is 51.0 Å². The van der Waals surface area contributed by atoms with Crippen LogP contribution in [0.4, 0.5) is 5.82 Å². The van der Waals surface area contributed by atoms with Gasteiger partial charge < -0.3 is 16.0 Å². The molecule has 1 aliphatic carbocycles. The number of nitrogens with zero attached hydrogens (tertiary/aromatic N) is 1. The van der Waals surface area contributed by atoms with Crippen LogP contribution in [0.3, 0.4) is 0 Å². The van der Waals surface area contributed by atoms with E-state index in [2.05, 4.69) is 29.1 Å². The summed E-state index contributed by atoms with van der Waals surface area (Å²) in [5.74, 6) is 1.90. The quantitative estimate of drug-likeness (QED) is 0.715. The maximum Gasteiger partial charge on any atom is 0.252 e. The summed E-state index contributed by atoms with van der Waals surface area (Å²) in [5, 5.41) is 3.35. The van der Waals surface area contributed by atoms with Crippen LogP contribution in [0.25, 0.3) is 0 Å². The number of rotatable bonds is 6. The van der Waals surface area contributed by atoms with E-state index in [1.54, 1.807) is 0 Å². The summed E-state index contributed by atoms with van der Waals surface area (Å²) in [4.78, 5) is 18.9. The largest absolute Gasteiger partial charge is 0.363 e. The van der Waals surface area contributed by atoms with Gasteiger partial charge in [0, 0.05) is 18.5 Å². The summed E-state index contributed by atoms with van der Waals surface area (Å²) in [6.45, 7) is 4.73. The first-order valence-corrected chi connectivity index (χ1v) is 6.72. The zero-order valence-electron chi connectivity index (χ0n) is 11.1. The fourth-order valence-corrected chi connectivity index (χ4v) is 2.13. The van der Waals surface area contributed by atoms with E-state index in [9.17, 15) is 4.79 Å². The van der Waals surface area contributed by atoms with Gasteiger partial charge in [0.05, 0.1) is 5.54 Å². The molecule has 5 heteroatoms. The van der Waals surface area contributed by atoms with E-state index in [1.807, 2.05) is 0 Å². The van der Waals surface area contributed by atoms with Gasteiger partial charge in [0.2, 0.25) is 0 Å². The Bertz CT molecular complexity index is 452. The Labute approximate surface area is 107 Å². The molecule has 1 heterocycles. The van der Waals surface area contributed by atoms with Crippen LogP contribution in [0.1, 0.15) is 51.3 Å². The number of aromatic amines is 1. The van der Waals surface area contributed by atoms with Gasteiger partial charge >= 0.3 is 0 Å². The van der Waals surface area contributed by atoms with E-state index < -0.39 is 0 Å². The molecule has 4 N–H and O–H groups in total. The lowest BCUT2D eigenvalue weighted by Crippen LogP contribution is -2.44. The molecule has 0 radical (unpaired) electrons. The number of hydrogen-bond donors (Lipinski definition) is 3. The predicted octanol–water partition coefficient (Wildman–Crippen LogP) is 1.58. The highest BCUT2D eigenvalue weighted by Gasteiger charge is 2.28. The van der Waals surface area contributed by atoms with Crippen molar-refractivity contribution in [2.24, 2.45) is 5.73 Å². The summed E-state index contributed by atoms with van der Waals surface area (Å²) in [7, 11) is 0. The number of aromatic nitrogens is 2. The van der Waals surface area contributed by atoms with Crippen LogP contribution in [0, 0.1) is 0 Å². The second-order valence-electron chi connectivity index (χ2n) is 5.11. The van der Waals surface area contributed by atoms with Gasteiger partial charge in [0.25, 0.3) is 5.56 Å². The predicted molar refractivity (Wildman–Crippen MR) is 72.8 cm³/mol. The van der Waals surface area contributed by atoms with Crippen LogP contribution >= 0.6 is 0 Å². The summed E-state index contributed by atoms with van der Waals surface area (Å²) in [6.07, 6.45) is 4.06. The Balaban J connectivity index is 2.24. The lowest BCUT2D eigenvalue weighted by molar-refractivity contribution is 0.443. The second-order valence-corrected chi connectivity index (χ2v) is 5.11. The van der Waals surface area contributed by atoms with Gasteiger partial charge in [-0.05, 0) is 25.7 Å². The molecule has 0 amide bonds. The molecule has 0 aromatic carbocycles. The number of hydrogen-bond acceptors (Lipinski definition) is 4. The molecule has 0 bridgehead atoms. The molecule has 0 saturated heterocycles. The number of anilines is 1. The van der Waals surface area contributed by atoms with Crippen molar-refractivity contribution in [1.82, 2.24) is 9.97 Å². The van der Waals surface area contributed by atoms with E-state index in [0.717, 1.165) is 31.5 Å². The Kier molecular flexibility index (Phi) is 3.71. The maximum absolute atomic E-state index is 11.6. The van der Waals surface area contributed by atoms with E-state index in [1.165, 1.54) is 6.07 Å². The highest BCUT2D eigenvalue weighted by molar-refractivity contribution is 5.37. The minimum absolute atomic E-state index is 0.0903. The topological polar surface area (TPSA) is 83.8 Å². The first-order chi connectivity index (χ1) is 8.62. The fourth-order valence-electron chi connectivity index (χ4n) is 2.13. The van der Waals surface area contributed by atoms with Gasteiger partial charge in [0.1, 0.15) is 11.6 Å². The van der Waals surface area contributed by atoms with Gasteiger partial charge in [-0.3, -0.25) is 4.79 Å². The third-order valence-corrected chi connectivity index (χ3v) is 3.86. The Morgan fingerprint density at radius 1 is 1.50 bits per heavy atom. The molecule has 0 spiro atoms. The van der Waals surface area contributed by atoms with Crippen molar-refractivity contribution in [1.29, 1.82) is 0 Å². The lowest BCUT2D eigenvalue weighted by Gasteiger charge is -2.32. The normalized spacial score (nSPS) is 15.7. The molecule has 5 nitrogen and oxygen atoms in total. The Morgan fingerprint density at radius 2 is 2.17 bits per heavy atom. The molecule has 0 aliphatic heterocycles. The zero-order chi connectivity index (χ0) is 13.2. The highest BCUT2D eigenvalue weighted by atomic mass is 16.1. The third-order valence-electron chi connectivity index (χ3n) is 3.86. The van der Waals surface area contributed by atoms with E-state index >= 15 is 0 Å². The standard InChI is InChI=1S/C13H22N4O/c1-3-13(4-2,8-14)17-10-7-11(18)16-12(15-10)9-5-6-9/h7,9H,3-6,8,14H2,1-2H3,(H2,15,16,17,18). The van der Waals surface area contributed by atoms with Crippen LogP contribution in [-0.4, -0.2) is 22.1 Å². The van der Waals surface area contributed by atoms with Crippen molar-refractivity contribution in [3.8, 4) is 0 Å². The lowest BCUT2D eigenvalue weighted by atomic mass is 9.93. The summed E-state index contributed by atoms with van der Waals surface area (Å²) < 4.78 is 0. The first-order valence-electron chi connectivity index (χ1n) is 6.72. The van der Waals surface area contributed by atoms with Gasteiger partial charge in [-0.2, -0.15) is 0 Å². The van der Waals surface area contributed by atoms with Gasteiger partial charge in [-0.1, -0.05) is 13.8 Å². The highest BCUT2D eigenvalue weighted by Crippen LogP contribution is 2.37.